The van der Waals surface area contributed by atoms with Crippen molar-refractivity contribution in [2.75, 3.05) is 20.8 Å². The van der Waals surface area contributed by atoms with Gasteiger partial charge in [0.15, 0.2) is 5.78 Å². The highest BCUT2D eigenvalue weighted by Crippen LogP contribution is 2.25. The number of halogens is 1. The molecule has 0 aliphatic heterocycles. The molecule has 0 aliphatic carbocycles. The molecule has 0 fully saturated rings. The number of Topliss-reactive ketones (excluding diaryl/α,β-unsaturated/α-hetero) is 1. The Kier molecular flexibility index (Phi) is 9.13. The number of nitrogens with two attached hydrogens (primary N) is 1. The Balaban J connectivity index is 0.00000338. The number of methoxy groups -OCH3 is 2. The normalized spacial score (nSPS) is 12.6. The molecule has 2 rings (SSSR count). The van der Waals surface area contributed by atoms with Gasteiger partial charge in [0, 0.05) is 0 Å². The maximum Gasteiger partial charge on any atom is 0.172 e. The maximum absolute atomic E-state index is 12.5. The van der Waals surface area contributed by atoms with E-state index in [4.69, 9.17) is 9.47 Å². The van der Waals surface area contributed by atoms with E-state index in [9.17, 15) is 9.90 Å². The zero-order valence-corrected chi connectivity index (χ0v) is 16.1. The van der Waals surface area contributed by atoms with Crippen LogP contribution in [0, 0.1) is 0 Å². The number of hydrogen-bond donors (Lipinski definition) is 2. The van der Waals surface area contributed by atoms with Crippen LogP contribution in [-0.4, -0.2) is 37.7 Å². The lowest BCUT2D eigenvalue weighted by Gasteiger charge is -2.17. The Morgan fingerprint density at radius 2 is 1.81 bits per heavy atom. The molecular formula is C20H26ClNO4. The van der Waals surface area contributed by atoms with E-state index in [1.807, 2.05) is 42.6 Å². The summed E-state index contributed by atoms with van der Waals surface area (Å²) in [5.74, 6) is 1.16. The van der Waals surface area contributed by atoms with E-state index >= 15 is 0 Å². The summed E-state index contributed by atoms with van der Waals surface area (Å²) < 4.78 is 10.4. The van der Waals surface area contributed by atoms with Gasteiger partial charge in [0.1, 0.15) is 23.6 Å². The molecule has 2 aromatic carbocycles. The fourth-order valence-electron chi connectivity index (χ4n) is 2.73. The van der Waals surface area contributed by atoms with Crippen molar-refractivity contribution in [2.45, 2.75) is 25.5 Å². The summed E-state index contributed by atoms with van der Waals surface area (Å²) in [4.78, 5) is 12.5. The number of benzene rings is 2. The van der Waals surface area contributed by atoms with Gasteiger partial charge < -0.3 is 32.3 Å². The molecule has 5 nitrogen and oxygen atoms in total. The van der Waals surface area contributed by atoms with Crippen molar-refractivity contribution < 1.29 is 37.1 Å². The van der Waals surface area contributed by atoms with Crippen LogP contribution >= 0.6 is 0 Å². The quantitative estimate of drug-likeness (QED) is 0.546. The first-order valence-corrected chi connectivity index (χ1v) is 8.38. The highest BCUT2D eigenvalue weighted by Gasteiger charge is 2.20. The van der Waals surface area contributed by atoms with Gasteiger partial charge in [-0.05, 0) is 30.7 Å². The van der Waals surface area contributed by atoms with Gasteiger partial charge >= 0.3 is 0 Å². The van der Waals surface area contributed by atoms with Crippen LogP contribution in [0.4, 0.5) is 0 Å². The number of hydrogen-bond acceptors (Lipinski definition) is 4. The summed E-state index contributed by atoms with van der Waals surface area (Å²) in [6, 6.07) is 14.7. The molecule has 0 bridgehead atoms. The minimum Gasteiger partial charge on any atom is -1.00 e. The van der Waals surface area contributed by atoms with Crippen molar-refractivity contribution in [1.82, 2.24) is 0 Å². The van der Waals surface area contributed by atoms with Crippen LogP contribution in [-0.2, 0) is 0 Å². The lowest BCUT2D eigenvalue weighted by Crippen LogP contribution is -3.00. The molecule has 0 heterocycles. The average molecular weight is 380 g/mol. The Bertz CT molecular complexity index is 693. The van der Waals surface area contributed by atoms with Gasteiger partial charge in [-0.3, -0.25) is 4.79 Å². The number of aliphatic hydroxyl groups is 1. The maximum atomic E-state index is 12.5. The fourth-order valence-corrected chi connectivity index (χ4v) is 2.73. The van der Waals surface area contributed by atoms with Crippen LogP contribution < -0.4 is 27.2 Å². The van der Waals surface area contributed by atoms with Crippen molar-refractivity contribution in [3.63, 3.8) is 0 Å². The average Bonchev–Trinajstić information content (AvgIpc) is 2.67. The summed E-state index contributed by atoms with van der Waals surface area (Å²) in [6.45, 7) is 2.54. The number of aliphatic hydroxyl groups excluding tert-OH is 1. The molecule has 0 saturated heterocycles. The summed E-state index contributed by atoms with van der Waals surface area (Å²) in [7, 11) is 3.11. The Morgan fingerprint density at radius 3 is 2.42 bits per heavy atom. The first-order chi connectivity index (χ1) is 12.1. The predicted octanol–water partition coefficient (Wildman–Crippen LogP) is -1.03. The van der Waals surface area contributed by atoms with E-state index in [0.717, 1.165) is 5.56 Å². The molecule has 0 spiro atoms. The Labute approximate surface area is 160 Å². The van der Waals surface area contributed by atoms with Crippen molar-refractivity contribution in [1.29, 1.82) is 0 Å². The summed E-state index contributed by atoms with van der Waals surface area (Å²) in [5.41, 5.74) is 1.40. The van der Waals surface area contributed by atoms with Crippen LogP contribution in [0.25, 0.3) is 0 Å². The first-order valence-electron chi connectivity index (χ1n) is 8.38. The topological polar surface area (TPSA) is 72.4 Å². The number of quaternary nitrogens is 1. The van der Waals surface area contributed by atoms with Crippen LogP contribution in [0.3, 0.4) is 0 Å². The second-order valence-electron chi connectivity index (χ2n) is 5.98. The van der Waals surface area contributed by atoms with Crippen LogP contribution in [0.15, 0.2) is 48.5 Å². The van der Waals surface area contributed by atoms with Crippen molar-refractivity contribution in [2.24, 2.45) is 0 Å². The van der Waals surface area contributed by atoms with Gasteiger partial charge in [-0.2, -0.15) is 0 Å². The molecule has 0 saturated carbocycles. The first kappa shape index (κ1) is 22.0. The lowest BCUT2D eigenvalue weighted by molar-refractivity contribution is -0.693. The Hall–Kier alpha value is -2.08. The molecule has 2 unspecified atom stereocenters. The molecule has 0 aromatic heterocycles. The number of carbonyl (C=O) groups is 1. The monoisotopic (exact) mass is 379 g/mol. The highest BCUT2D eigenvalue weighted by atomic mass is 35.5. The molecule has 6 heteroatoms. The zero-order chi connectivity index (χ0) is 18.2. The summed E-state index contributed by atoms with van der Waals surface area (Å²) in [5, 5.41) is 12.4. The standard InChI is InChI=1S/C20H25NO4.ClH/c1-14(20(23)15-7-5-4-6-8-15)21-12-11-18(22)17-13-16(24-2)9-10-19(17)25-3;/h4-10,13-14,20-21,23H,11-12H2,1-3H3;1H. The van der Waals surface area contributed by atoms with Gasteiger partial charge in [0.25, 0.3) is 0 Å². The van der Waals surface area contributed by atoms with Gasteiger partial charge in [0.2, 0.25) is 0 Å². The molecular weight excluding hydrogens is 354 g/mol. The third-order valence-corrected chi connectivity index (χ3v) is 4.26. The minimum absolute atomic E-state index is 0. The Morgan fingerprint density at radius 1 is 1.12 bits per heavy atom. The molecule has 26 heavy (non-hydrogen) atoms. The minimum atomic E-state index is -0.567. The van der Waals surface area contributed by atoms with Crippen LogP contribution in [0.1, 0.15) is 35.4 Å². The molecule has 0 radical (unpaired) electrons. The summed E-state index contributed by atoms with van der Waals surface area (Å²) in [6.07, 6.45) is -0.210. The van der Waals surface area contributed by atoms with Crippen molar-refractivity contribution >= 4 is 5.78 Å². The summed E-state index contributed by atoms with van der Waals surface area (Å²) >= 11 is 0. The van der Waals surface area contributed by atoms with E-state index < -0.39 is 6.10 Å². The van der Waals surface area contributed by atoms with Crippen LogP contribution in [0.2, 0.25) is 0 Å². The molecule has 142 valence electrons. The van der Waals surface area contributed by atoms with Crippen molar-refractivity contribution in [3.8, 4) is 11.5 Å². The number of ketones is 1. The smallest absolute Gasteiger partial charge is 0.172 e. The molecule has 2 aromatic rings. The SMILES string of the molecule is COc1ccc(OC)c(C(=O)CC[NH2+]C(C)C(O)c2ccccc2)c1.[Cl-]. The lowest BCUT2D eigenvalue weighted by atomic mass is 10.0. The van der Waals surface area contributed by atoms with E-state index in [2.05, 4.69) is 0 Å². The molecule has 0 amide bonds. The zero-order valence-electron chi connectivity index (χ0n) is 15.3. The van der Waals surface area contributed by atoms with E-state index in [1.54, 1.807) is 32.4 Å². The van der Waals surface area contributed by atoms with Gasteiger partial charge in [-0.1, -0.05) is 30.3 Å². The third-order valence-electron chi connectivity index (χ3n) is 4.26. The highest BCUT2D eigenvalue weighted by molar-refractivity contribution is 5.99. The second kappa shape index (κ2) is 10.8. The molecule has 0 aliphatic rings. The van der Waals surface area contributed by atoms with Gasteiger partial charge in [-0.15, -0.1) is 0 Å². The van der Waals surface area contributed by atoms with Gasteiger partial charge in [-0.25, -0.2) is 0 Å². The second-order valence-corrected chi connectivity index (χ2v) is 5.98. The fraction of sp³-hybridized carbons (Fsp3) is 0.350. The van der Waals surface area contributed by atoms with E-state index in [1.165, 1.54) is 0 Å². The van der Waals surface area contributed by atoms with Crippen molar-refractivity contribution in [3.05, 3.63) is 59.7 Å². The molecule has 2 atom stereocenters. The third kappa shape index (κ3) is 5.73. The van der Waals surface area contributed by atoms with Crippen LogP contribution in [0.5, 0.6) is 11.5 Å². The predicted molar refractivity (Wildman–Crippen MR) is 96.1 cm³/mol. The largest absolute Gasteiger partial charge is 1.00 e. The number of rotatable bonds is 9. The van der Waals surface area contributed by atoms with E-state index in [-0.39, 0.29) is 24.2 Å². The number of carbonyl (C=O) groups excluding carboxylic acids is 1. The molecule has 3 N–H and O–H groups in total. The van der Waals surface area contributed by atoms with E-state index in [0.29, 0.717) is 30.0 Å². The number of ether oxygens (including phenoxy) is 2. The van der Waals surface area contributed by atoms with Gasteiger partial charge in [0.05, 0.1) is 32.7 Å².